The number of rotatable bonds is 3. The van der Waals surface area contributed by atoms with Gasteiger partial charge in [-0.1, -0.05) is 6.07 Å². The Hall–Kier alpha value is -3.33. The van der Waals surface area contributed by atoms with Crippen molar-refractivity contribution in [2.45, 2.75) is 6.92 Å². The molecular formula is C18H15N3O3. The molecule has 2 amide bonds. The molecule has 0 saturated heterocycles. The van der Waals surface area contributed by atoms with Crippen molar-refractivity contribution < 1.29 is 14.3 Å². The largest absolute Gasteiger partial charge is 0.482 e. The van der Waals surface area contributed by atoms with Crippen molar-refractivity contribution >= 4 is 23.2 Å². The summed E-state index contributed by atoms with van der Waals surface area (Å²) in [5.74, 6) is 0.0110. The number of ether oxygens (including phenoxy) is 1. The lowest BCUT2D eigenvalue weighted by Crippen LogP contribution is -2.43. The standard InChI is InChI=1S/C18H15N3O3/c1-12-2-7-16-15(8-12)21(18(23)11-24-16)10-17(22)20-14-5-3-13(9-19)4-6-14/h2-8H,10-11H2,1H3,(H,20,22). The van der Waals surface area contributed by atoms with Crippen molar-refractivity contribution in [1.29, 1.82) is 5.26 Å². The number of benzene rings is 2. The van der Waals surface area contributed by atoms with Gasteiger partial charge in [0.05, 0.1) is 17.3 Å². The van der Waals surface area contributed by atoms with E-state index in [0.29, 0.717) is 22.7 Å². The second kappa shape index (κ2) is 6.42. The summed E-state index contributed by atoms with van der Waals surface area (Å²) in [4.78, 5) is 25.8. The molecule has 6 heteroatoms. The molecule has 2 aromatic carbocycles. The van der Waals surface area contributed by atoms with Gasteiger partial charge in [0, 0.05) is 5.69 Å². The Morgan fingerprint density at radius 3 is 2.75 bits per heavy atom. The Kier molecular flexibility index (Phi) is 4.17. The van der Waals surface area contributed by atoms with Crippen LogP contribution in [0.25, 0.3) is 0 Å². The highest BCUT2D eigenvalue weighted by Gasteiger charge is 2.27. The van der Waals surface area contributed by atoms with E-state index < -0.39 is 0 Å². The Bertz CT molecular complexity index is 838. The molecule has 2 aromatic rings. The predicted molar refractivity (Wildman–Crippen MR) is 88.8 cm³/mol. The normalized spacial score (nSPS) is 12.8. The van der Waals surface area contributed by atoms with Crippen molar-refractivity contribution in [3.63, 3.8) is 0 Å². The lowest BCUT2D eigenvalue weighted by Gasteiger charge is -2.29. The Morgan fingerprint density at radius 2 is 2.04 bits per heavy atom. The first-order valence-corrected chi connectivity index (χ1v) is 7.40. The van der Waals surface area contributed by atoms with Crippen LogP contribution in [-0.4, -0.2) is 25.0 Å². The van der Waals surface area contributed by atoms with Gasteiger partial charge < -0.3 is 10.1 Å². The number of carbonyl (C=O) groups is 2. The van der Waals surface area contributed by atoms with Crippen LogP contribution in [0.4, 0.5) is 11.4 Å². The molecule has 0 radical (unpaired) electrons. The molecule has 0 unspecified atom stereocenters. The number of anilines is 2. The van der Waals surface area contributed by atoms with Crippen molar-refractivity contribution in [3.8, 4) is 11.8 Å². The number of fused-ring (bicyclic) bond motifs is 1. The van der Waals surface area contributed by atoms with E-state index in [9.17, 15) is 9.59 Å². The number of aryl methyl sites for hydroxylation is 1. The van der Waals surface area contributed by atoms with E-state index in [4.69, 9.17) is 10.00 Å². The molecule has 0 aromatic heterocycles. The van der Waals surface area contributed by atoms with E-state index in [0.717, 1.165) is 5.56 Å². The number of amides is 2. The number of nitrogens with one attached hydrogen (secondary N) is 1. The highest BCUT2D eigenvalue weighted by atomic mass is 16.5. The van der Waals surface area contributed by atoms with Gasteiger partial charge in [0.2, 0.25) is 5.91 Å². The van der Waals surface area contributed by atoms with Gasteiger partial charge in [-0.05, 0) is 48.9 Å². The van der Waals surface area contributed by atoms with Crippen LogP contribution in [0.2, 0.25) is 0 Å². The number of nitriles is 1. The number of hydrogen-bond donors (Lipinski definition) is 1. The van der Waals surface area contributed by atoms with Crippen LogP contribution in [0.3, 0.4) is 0 Å². The van der Waals surface area contributed by atoms with Crippen LogP contribution < -0.4 is 15.0 Å². The third kappa shape index (κ3) is 3.20. The molecular weight excluding hydrogens is 306 g/mol. The molecule has 1 aliphatic heterocycles. The molecule has 1 heterocycles. The summed E-state index contributed by atoms with van der Waals surface area (Å²) in [6.45, 7) is 1.73. The molecule has 0 fully saturated rings. The van der Waals surface area contributed by atoms with Gasteiger partial charge in [0.15, 0.2) is 6.61 Å². The van der Waals surface area contributed by atoms with Crippen molar-refractivity contribution in [1.82, 2.24) is 0 Å². The zero-order valence-corrected chi connectivity index (χ0v) is 13.1. The predicted octanol–water partition coefficient (Wildman–Crippen LogP) is 2.23. The van der Waals surface area contributed by atoms with Gasteiger partial charge >= 0.3 is 0 Å². The van der Waals surface area contributed by atoms with Crippen LogP contribution in [0.15, 0.2) is 42.5 Å². The van der Waals surface area contributed by atoms with Crippen LogP contribution in [0.1, 0.15) is 11.1 Å². The van der Waals surface area contributed by atoms with E-state index in [1.54, 1.807) is 30.3 Å². The van der Waals surface area contributed by atoms with E-state index in [2.05, 4.69) is 5.32 Å². The first-order chi connectivity index (χ1) is 11.6. The fraction of sp³-hybridized carbons (Fsp3) is 0.167. The molecule has 1 aliphatic rings. The maximum atomic E-state index is 12.3. The lowest BCUT2D eigenvalue weighted by molar-refractivity contribution is -0.123. The zero-order chi connectivity index (χ0) is 17.1. The summed E-state index contributed by atoms with van der Waals surface area (Å²) in [7, 11) is 0. The minimum absolute atomic E-state index is 0.0831. The smallest absolute Gasteiger partial charge is 0.265 e. The van der Waals surface area contributed by atoms with Gasteiger partial charge in [-0.15, -0.1) is 0 Å². The third-order valence-corrected chi connectivity index (χ3v) is 3.66. The third-order valence-electron chi connectivity index (χ3n) is 3.66. The monoisotopic (exact) mass is 321 g/mol. The second-order valence-corrected chi connectivity index (χ2v) is 5.48. The minimum Gasteiger partial charge on any atom is -0.482 e. The number of nitrogens with zero attached hydrogens (tertiary/aromatic N) is 2. The average Bonchev–Trinajstić information content (AvgIpc) is 2.58. The zero-order valence-electron chi connectivity index (χ0n) is 13.1. The minimum atomic E-state index is -0.317. The van der Waals surface area contributed by atoms with Gasteiger partial charge in [0.25, 0.3) is 5.91 Å². The summed E-state index contributed by atoms with van der Waals surface area (Å²) in [5, 5.41) is 11.5. The summed E-state index contributed by atoms with van der Waals surface area (Å²) in [5.41, 5.74) is 2.66. The molecule has 0 atom stereocenters. The van der Waals surface area contributed by atoms with Crippen molar-refractivity contribution in [2.75, 3.05) is 23.4 Å². The fourth-order valence-corrected chi connectivity index (χ4v) is 2.46. The highest BCUT2D eigenvalue weighted by Crippen LogP contribution is 2.32. The molecule has 3 rings (SSSR count). The SMILES string of the molecule is Cc1ccc2c(c1)N(CC(=O)Nc1ccc(C#N)cc1)C(=O)CO2. The van der Waals surface area contributed by atoms with Gasteiger partial charge in [-0.2, -0.15) is 5.26 Å². The topological polar surface area (TPSA) is 82.4 Å². The van der Waals surface area contributed by atoms with Gasteiger partial charge in [-0.25, -0.2) is 0 Å². The molecule has 24 heavy (non-hydrogen) atoms. The maximum Gasteiger partial charge on any atom is 0.265 e. The highest BCUT2D eigenvalue weighted by molar-refractivity contribution is 6.05. The Labute approximate surface area is 139 Å². The summed E-state index contributed by atoms with van der Waals surface area (Å²) < 4.78 is 5.39. The van der Waals surface area contributed by atoms with Crippen LogP contribution in [-0.2, 0) is 9.59 Å². The first-order valence-electron chi connectivity index (χ1n) is 7.40. The van der Waals surface area contributed by atoms with Crippen LogP contribution >= 0.6 is 0 Å². The summed E-state index contributed by atoms with van der Waals surface area (Å²) >= 11 is 0. The van der Waals surface area contributed by atoms with E-state index in [-0.39, 0.29) is 25.0 Å². The lowest BCUT2D eigenvalue weighted by atomic mass is 10.1. The van der Waals surface area contributed by atoms with Gasteiger partial charge in [0.1, 0.15) is 12.3 Å². The summed E-state index contributed by atoms with van der Waals surface area (Å²) in [6.07, 6.45) is 0. The van der Waals surface area contributed by atoms with Gasteiger partial charge in [-0.3, -0.25) is 14.5 Å². The molecule has 0 saturated carbocycles. The van der Waals surface area contributed by atoms with E-state index in [1.165, 1.54) is 4.90 Å². The second-order valence-electron chi connectivity index (χ2n) is 5.48. The number of carbonyl (C=O) groups excluding carboxylic acids is 2. The van der Waals surface area contributed by atoms with Crippen molar-refractivity contribution in [3.05, 3.63) is 53.6 Å². The Balaban J connectivity index is 1.75. The van der Waals surface area contributed by atoms with Crippen molar-refractivity contribution in [2.24, 2.45) is 0 Å². The quantitative estimate of drug-likeness (QED) is 0.940. The molecule has 6 nitrogen and oxygen atoms in total. The molecule has 0 spiro atoms. The molecule has 0 bridgehead atoms. The molecule has 0 aliphatic carbocycles. The average molecular weight is 321 g/mol. The number of hydrogen-bond acceptors (Lipinski definition) is 4. The molecule has 120 valence electrons. The van der Waals surface area contributed by atoms with Crippen LogP contribution in [0, 0.1) is 18.3 Å². The Morgan fingerprint density at radius 1 is 1.29 bits per heavy atom. The first kappa shape index (κ1) is 15.6. The maximum absolute atomic E-state index is 12.3. The molecule has 1 N–H and O–H groups in total. The summed E-state index contributed by atoms with van der Waals surface area (Å²) in [6, 6.07) is 14.1. The van der Waals surface area contributed by atoms with E-state index >= 15 is 0 Å². The van der Waals surface area contributed by atoms with Crippen LogP contribution in [0.5, 0.6) is 5.75 Å². The van der Waals surface area contributed by atoms with E-state index in [1.807, 2.05) is 25.1 Å². The fourth-order valence-electron chi connectivity index (χ4n) is 2.46.